The Morgan fingerprint density at radius 3 is 2.62 bits per heavy atom. The van der Waals surface area contributed by atoms with Gasteiger partial charge in [-0.25, -0.2) is 4.79 Å². The first-order valence-electron chi connectivity index (χ1n) is 5.51. The molecule has 1 atom stereocenters. The van der Waals surface area contributed by atoms with Gasteiger partial charge < -0.3 is 15.7 Å². The third kappa shape index (κ3) is 4.33. The van der Waals surface area contributed by atoms with E-state index in [4.69, 9.17) is 5.11 Å². The maximum Gasteiger partial charge on any atom is 0.315 e. The lowest BCUT2D eigenvalue weighted by atomic mass is 10.1. The summed E-state index contributed by atoms with van der Waals surface area (Å²) in [6, 6.07) is -0.0248. The van der Waals surface area contributed by atoms with Crippen molar-refractivity contribution in [1.29, 1.82) is 0 Å². The van der Waals surface area contributed by atoms with Crippen LogP contribution in [0.1, 0.15) is 26.2 Å². The zero-order valence-electron chi connectivity index (χ0n) is 9.40. The third-order valence-corrected chi connectivity index (χ3v) is 2.63. The molecule has 0 aromatic heterocycles. The number of carbonyl (C=O) groups excluding carboxylic acids is 1. The number of carbonyl (C=O) groups is 2. The Bertz CT molecular complexity index is 281. The first kappa shape index (κ1) is 12.5. The van der Waals surface area contributed by atoms with Crippen molar-refractivity contribution in [3.8, 4) is 0 Å². The molecule has 0 radical (unpaired) electrons. The van der Waals surface area contributed by atoms with Crippen LogP contribution in [0.4, 0.5) is 4.79 Å². The lowest BCUT2D eigenvalue weighted by Crippen LogP contribution is -2.41. The van der Waals surface area contributed by atoms with Crippen LogP contribution in [-0.2, 0) is 4.79 Å². The summed E-state index contributed by atoms with van der Waals surface area (Å²) in [5.41, 5.74) is 0. The number of amides is 2. The number of hydrogen-bond acceptors (Lipinski definition) is 2. The zero-order valence-corrected chi connectivity index (χ0v) is 9.40. The van der Waals surface area contributed by atoms with E-state index in [2.05, 4.69) is 10.6 Å². The zero-order chi connectivity index (χ0) is 12.0. The molecule has 90 valence electrons. The van der Waals surface area contributed by atoms with E-state index < -0.39 is 11.9 Å². The van der Waals surface area contributed by atoms with Crippen molar-refractivity contribution in [2.45, 2.75) is 32.2 Å². The summed E-state index contributed by atoms with van der Waals surface area (Å²) in [7, 11) is 0. The van der Waals surface area contributed by atoms with Gasteiger partial charge in [0.2, 0.25) is 0 Å². The molecule has 0 saturated carbocycles. The van der Waals surface area contributed by atoms with Gasteiger partial charge in [0.1, 0.15) is 0 Å². The molecule has 0 aliphatic heterocycles. The first-order chi connectivity index (χ1) is 7.59. The highest BCUT2D eigenvalue weighted by Crippen LogP contribution is 2.08. The molecule has 0 bridgehead atoms. The van der Waals surface area contributed by atoms with Crippen LogP contribution in [0.15, 0.2) is 12.2 Å². The molecule has 1 unspecified atom stereocenters. The van der Waals surface area contributed by atoms with Crippen molar-refractivity contribution in [2.75, 3.05) is 6.54 Å². The monoisotopic (exact) mass is 226 g/mol. The van der Waals surface area contributed by atoms with Gasteiger partial charge in [0.25, 0.3) is 0 Å². The molecule has 3 N–H and O–H groups in total. The van der Waals surface area contributed by atoms with Crippen molar-refractivity contribution >= 4 is 12.0 Å². The van der Waals surface area contributed by atoms with Crippen molar-refractivity contribution < 1.29 is 14.7 Å². The van der Waals surface area contributed by atoms with Gasteiger partial charge in [0.05, 0.1) is 5.92 Å². The Morgan fingerprint density at radius 1 is 1.44 bits per heavy atom. The van der Waals surface area contributed by atoms with Gasteiger partial charge in [-0.3, -0.25) is 4.79 Å². The van der Waals surface area contributed by atoms with Gasteiger partial charge in [-0.15, -0.1) is 0 Å². The highest BCUT2D eigenvalue weighted by molar-refractivity contribution is 5.74. The molecule has 2 amide bonds. The fourth-order valence-corrected chi connectivity index (χ4v) is 1.50. The summed E-state index contributed by atoms with van der Waals surface area (Å²) in [6.45, 7) is 2.02. The van der Waals surface area contributed by atoms with E-state index in [1.54, 1.807) is 6.92 Å². The van der Waals surface area contributed by atoms with Gasteiger partial charge in [0, 0.05) is 12.6 Å². The first-order valence-corrected chi connectivity index (χ1v) is 5.51. The minimum atomic E-state index is -0.831. The van der Waals surface area contributed by atoms with E-state index in [0.717, 1.165) is 12.8 Å². The van der Waals surface area contributed by atoms with Crippen LogP contribution < -0.4 is 10.6 Å². The van der Waals surface area contributed by atoms with E-state index in [1.165, 1.54) is 0 Å². The Labute approximate surface area is 94.9 Å². The number of hydrogen-bond donors (Lipinski definition) is 3. The second-order valence-corrected chi connectivity index (χ2v) is 4.07. The molecule has 5 nitrogen and oxygen atoms in total. The molecule has 0 fully saturated rings. The van der Waals surface area contributed by atoms with Gasteiger partial charge in [0.15, 0.2) is 0 Å². The van der Waals surface area contributed by atoms with Crippen LogP contribution in [0.5, 0.6) is 0 Å². The second kappa shape index (κ2) is 6.15. The SMILES string of the molecule is CC(CCNC(=O)NC1CC=CC1)C(=O)O. The summed E-state index contributed by atoms with van der Waals surface area (Å²) >= 11 is 0. The minimum Gasteiger partial charge on any atom is -0.481 e. The van der Waals surface area contributed by atoms with Gasteiger partial charge in [-0.1, -0.05) is 19.1 Å². The summed E-state index contributed by atoms with van der Waals surface area (Å²) < 4.78 is 0. The number of rotatable bonds is 5. The van der Waals surface area contributed by atoms with Crippen LogP contribution in [0, 0.1) is 5.92 Å². The Hall–Kier alpha value is -1.52. The average molecular weight is 226 g/mol. The molecule has 0 heterocycles. The topological polar surface area (TPSA) is 78.4 Å². The molecule has 0 aromatic carbocycles. The number of carboxylic acids is 1. The molecule has 5 heteroatoms. The predicted molar refractivity (Wildman–Crippen MR) is 60.1 cm³/mol. The van der Waals surface area contributed by atoms with Crippen molar-refractivity contribution in [3.63, 3.8) is 0 Å². The summed E-state index contributed by atoms with van der Waals surface area (Å²) in [6.07, 6.45) is 6.28. The Balaban J connectivity index is 2.08. The van der Waals surface area contributed by atoms with Gasteiger partial charge in [-0.2, -0.15) is 0 Å². The molecule has 0 aromatic rings. The maximum atomic E-state index is 11.4. The van der Waals surface area contributed by atoms with Crippen molar-refractivity contribution in [3.05, 3.63) is 12.2 Å². The second-order valence-electron chi connectivity index (χ2n) is 4.07. The fourth-order valence-electron chi connectivity index (χ4n) is 1.50. The van der Waals surface area contributed by atoms with Crippen LogP contribution >= 0.6 is 0 Å². The fraction of sp³-hybridized carbons (Fsp3) is 0.636. The normalized spacial score (nSPS) is 17.1. The molecule has 16 heavy (non-hydrogen) atoms. The Kier molecular flexibility index (Phi) is 4.82. The van der Waals surface area contributed by atoms with Crippen LogP contribution in [0.25, 0.3) is 0 Å². The summed E-state index contributed by atoms with van der Waals surface area (Å²) in [4.78, 5) is 21.9. The number of urea groups is 1. The predicted octanol–water partition coefficient (Wildman–Crippen LogP) is 1.11. The molecule has 1 aliphatic rings. The lowest BCUT2D eigenvalue weighted by molar-refractivity contribution is -0.141. The average Bonchev–Trinajstić information content (AvgIpc) is 2.70. The molecule has 1 aliphatic carbocycles. The molecular weight excluding hydrogens is 208 g/mol. The van der Waals surface area contributed by atoms with Gasteiger partial charge in [-0.05, 0) is 19.3 Å². The van der Waals surface area contributed by atoms with Crippen LogP contribution in [-0.4, -0.2) is 29.7 Å². The van der Waals surface area contributed by atoms with Crippen molar-refractivity contribution in [1.82, 2.24) is 10.6 Å². The standard InChI is InChI=1S/C11H18N2O3/c1-8(10(14)15)6-7-12-11(16)13-9-4-2-3-5-9/h2-3,8-9H,4-7H2,1H3,(H,14,15)(H2,12,13,16). The van der Waals surface area contributed by atoms with Crippen LogP contribution in [0.3, 0.4) is 0 Å². The third-order valence-electron chi connectivity index (χ3n) is 2.63. The van der Waals surface area contributed by atoms with E-state index in [0.29, 0.717) is 13.0 Å². The summed E-state index contributed by atoms with van der Waals surface area (Å²) in [5, 5.41) is 14.1. The number of nitrogens with one attached hydrogen (secondary N) is 2. The highest BCUT2D eigenvalue weighted by Gasteiger charge is 2.14. The largest absolute Gasteiger partial charge is 0.481 e. The molecular formula is C11H18N2O3. The molecule has 1 rings (SSSR count). The molecule has 0 saturated heterocycles. The molecule has 0 spiro atoms. The summed E-state index contributed by atoms with van der Waals surface area (Å²) in [5.74, 6) is -1.25. The number of aliphatic carboxylic acids is 1. The van der Waals surface area contributed by atoms with Crippen molar-refractivity contribution in [2.24, 2.45) is 5.92 Å². The maximum absolute atomic E-state index is 11.4. The van der Waals surface area contributed by atoms with E-state index in [9.17, 15) is 9.59 Å². The van der Waals surface area contributed by atoms with Gasteiger partial charge >= 0.3 is 12.0 Å². The highest BCUT2D eigenvalue weighted by atomic mass is 16.4. The van der Waals surface area contributed by atoms with Crippen LogP contribution in [0.2, 0.25) is 0 Å². The minimum absolute atomic E-state index is 0.192. The lowest BCUT2D eigenvalue weighted by Gasteiger charge is -2.13. The Morgan fingerprint density at radius 2 is 2.06 bits per heavy atom. The van der Waals surface area contributed by atoms with E-state index in [1.807, 2.05) is 12.2 Å². The van der Waals surface area contributed by atoms with E-state index in [-0.39, 0.29) is 12.1 Å². The number of carboxylic acid groups (broad SMARTS) is 1. The quantitative estimate of drug-likeness (QED) is 0.614. The van der Waals surface area contributed by atoms with E-state index >= 15 is 0 Å². The smallest absolute Gasteiger partial charge is 0.315 e.